The van der Waals surface area contributed by atoms with Crippen LogP contribution in [0.2, 0.25) is 0 Å². The summed E-state index contributed by atoms with van der Waals surface area (Å²) in [5.74, 6) is -0.185. The quantitative estimate of drug-likeness (QED) is 0.837. The molecule has 3 fully saturated rings. The van der Waals surface area contributed by atoms with Gasteiger partial charge in [-0.2, -0.15) is 0 Å². The van der Waals surface area contributed by atoms with Crippen molar-refractivity contribution in [2.75, 3.05) is 32.7 Å². The van der Waals surface area contributed by atoms with Crippen molar-refractivity contribution in [3.05, 3.63) is 29.8 Å². The molecule has 2 aliphatic heterocycles. The Morgan fingerprint density at radius 3 is 2.44 bits per heavy atom. The van der Waals surface area contributed by atoms with Crippen LogP contribution in [0.25, 0.3) is 0 Å². The van der Waals surface area contributed by atoms with Gasteiger partial charge in [-0.3, -0.25) is 9.88 Å². The molecule has 3 heterocycles. The largest absolute Gasteiger partial charge is 0.366 e. The average Bonchev–Trinajstić information content (AvgIpc) is 3.33. The zero-order valence-electron chi connectivity index (χ0n) is 15.5. The normalized spacial score (nSPS) is 25.8. The number of piperidine rings is 1. The molecule has 0 aromatic carbocycles. The Bertz CT molecular complexity index is 609. The number of likely N-dealkylation sites (tertiary alicyclic amines) is 1. The van der Waals surface area contributed by atoms with E-state index in [9.17, 15) is 4.39 Å². The van der Waals surface area contributed by atoms with E-state index in [0.717, 1.165) is 45.6 Å². The number of hydrogen-bond donors (Lipinski definition) is 0. The molecule has 0 amide bonds. The van der Waals surface area contributed by atoms with Crippen molar-refractivity contribution in [3.8, 4) is 0 Å². The van der Waals surface area contributed by atoms with Gasteiger partial charge in [0.2, 0.25) is 0 Å². The minimum absolute atomic E-state index is 0.0335. The van der Waals surface area contributed by atoms with Crippen LogP contribution in [0.4, 0.5) is 4.39 Å². The van der Waals surface area contributed by atoms with Crippen molar-refractivity contribution in [2.45, 2.75) is 63.2 Å². The monoisotopic (exact) mass is 347 g/mol. The Kier molecular flexibility index (Phi) is 4.59. The fraction of sp³-hybridized carbons (Fsp3) is 0.750. The molecule has 0 atom stereocenters. The molecule has 2 saturated heterocycles. The second-order valence-electron chi connectivity index (χ2n) is 8.49. The maximum Gasteiger partial charge on any atom is 0.144 e. The van der Waals surface area contributed by atoms with Crippen LogP contribution in [0.3, 0.4) is 0 Å². The van der Waals surface area contributed by atoms with Crippen molar-refractivity contribution in [1.29, 1.82) is 0 Å². The summed E-state index contributed by atoms with van der Waals surface area (Å²) in [5.41, 5.74) is 0.771. The lowest BCUT2D eigenvalue weighted by molar-refractivity contribution is -0.192. The van der Waals surface area contributed by atoms with E-state index in [-0.39, 0.29) is 17.0 Å². The van der Waals surface area contributed by atoms with E-state index in [2.05, 4.69) is 28.6 Å². The van der Waals surface area contributed by atoms with Gasteiger partial charge in [-0.1, -0.05) is 0 Å². The molecule has 1 aromatic heterocycles. The van der Waals surface area contributed by atoms with Gasteiger partial charge in [0.15, 0.2) is 0 Å². The smallest absolute Gasteiger partial charge is 0.144 e. The highest BCUT2D eigenvalue weighted by Gasteiger charge is 2.56. The van der Waals surface area contributed by atoms with Gasteiger partial charge in [-0.25, -0.2) is 4.39 Å². The van der Waals surface area contributed by atoms with E-state index in [1.54, 1.807) is 12.3 Å². The fourth-order valence-corrected chi connectivity index (χ4v) is 4.40. The fourth-order valence-electron chi connectivity index (χ4n) is 4.40. The summed E-state index contributed by atoms with van der Waals surface area (Å²) in [6.45, 7) is 9.72. The molecule has 25 heavy (non-hydrogen) atoms. The first kappa shape index (κ1) is 17.4. The molecule has 5 heteroatoms. The van der Waals surface area contributed by atoms with Crippen molar-refractivity contribution in [1.82, 2.24) is 14.8 Å². The molecule has 0 radical (unpaired) electrons. The summed E-state index contributed by atoms with van der Waals surface area (Å²) >= 11 is 0. The molecule has 0 unspecified atom stereocenters. The Hall–Kier alpha value is -1.04. The zero-order chi connectivity index (χ0) is 17.5. The summed E-state index contributed by atoms with van der Waals surface area (Å²) in [5, 5.41) is 0. The van der Waals surface area contributed by atoms with Crippen LogP contribution in [0.5, 0.6) is 0 Å². The summed E-state index contributed by atoms with van der Waals surface area (Å²) in [6, 6.07) is 3.74. The van der Waals surface area contributed by atoms with Crippen LogP contribution in [0.15, 0.2) is 18.3 Å². The first-order valence-electron chi connectivity index (χ1n) is 9.75. The first-order valence-corrected chi connectivity index (χ1v) is 9.75. The third-order valence-corrected chi connectivity index (χ3v) is 6.22. The highest BCUT2D eigenvalue weighted by Crippen LogP contribution is 2.49. The molecular weight excluding hydrogens is 317 g/mol. The number of morpholine rings is 1. The Balaban J connectivity index is 1.34. The van der Waals surface area contributed by atoms with Gasteiger partial charge >= 0.3 is 0 Å². The molecule has 0 N–H and O–H groups in total. The molecule has 0 bridgehead atoms. The van der Waals surface area contributed by atoms with Gasteiger partial charge in [0, 0.05) is 51.4 Å². The van der Waals surface area contributed by atoms with E-state index in [1.807, 2.05) is 0 Å². The minimum Gasteiger partial charge on any atom is -0.366 e. The summed E-state index contributed by atoms with van der Waals surface area (Å²) in [6.07, 6.45) is 6.98. The van der Waals surface area contributed by atoms with Crippen molar-refractivity contribution >= 4 is 0 Å². The lowest BCUT2D eigenvalue weighted by atomic mass is 9.87. The first-order chi connectivity index (χ1) is 12.0. The predicted molar refractivity (Wildman–Crippen MR) is 96.1 cm³/mol. The third kappa shape index (κ3) is 3.74. The highest BCUT2D eigenvalue weighted by molar-refractivity contribution is 5.09. The van der Waals surface area contributed by atoms with Crippen molar-refractivity contribution in [3.63, 3.8) is 0 Å². The van der Waals surface area contributed by atoms with E-state index in [1.165, 1.54) is 18.9 Å². The molecule has 2 spiro atoms. The van der Waals surface area contributed by atoms with Crippen LogP contribution in [-0.4, -0.2) is 64.8 Å². The van der Waals surface area contributed by atoms with Crippen LogP contribution >= 0.6 is 0 Å². The van der Waals surface area contributed by atoms with E-state index >= 15 is 0 Å². The number of nitrogens with zero attached hydrogens (tertiary/aromatic N) is 3. The third-order valence-electron chi connectivity index (χ3n) is 6.22. The number of halogens is 1. The number of ether oxygens (including phenoxy) is 1. The average molecular weight is 347 g/mol. The number of pyridine rings is 1. The van der Waals surface area contributed by atoms with Gasteiger partial charge < -0.3 is 9.64 Å². The summed E-state index contributed by atoms with van der Waals surface area (Å²) in [4.78, 5) is 9.23. The Labute approximate surface area is 150 Å². The van der Waals surface area contributed by atoms with Gasteiger partial charge in [0.1, 0.15) is 5.82 Å². The Morgan fingerprint density at radius 1 is 1.16 bits per heavy atom. The second kappa shape index (κ2) is 6.60. The highest BCUT2D eigenvalue weighted by atomic mass is 19.1. The van der Waals surface area contributed by atoms with Crippen LogP contribution < -0.4 is 0 Å². The standard InChI is InChI=1S/C20H30FN3O/c1-16(2)24-14-19(6-7-19)25-20(15-24)8-12-23(13-9-20)11-5-18-17(21)4-3-10-22-18/h3-4,10,16H,5-9,11-15H2,1-2H3. The van der Waals surface area contributed by atoms with Gasteiger partial charge in [0.25, 0.3) is 0 Å². The summed E-state index contributed by atoms with van der Waals surface area (Å²) < 4.78 is 20.4. The topological polar surface area (TPSA) is 28.6 Å². The molecule has 1 aliphatic carbocycles. The summed E-state index contributed by atoms with van der Waals surface area (Å²) in [7, 11) is 0. The number of hydrogen-bond acceptors (Lipinski definition) is 4. The van der Waals surface area contributed by atoms with Crippen LogP contribution in [0, 0.1) is 5.82 Å². The van der Waals surface area contributed by atoms with Gasteiger partial charge in [0.05, 0.1) is 16.9 Å². The molecular formula is C20H30FN3O. The maximum atomic E-state index is 13.7. The molecule has 3 aliphatic rings. The minimum atomic E-state index is -0.185. The van der Waals surface area contributed by atoms with Crippen molar-refractivity contribution < 1.29 is 9.13 Å². The van der Waals surface area contributed by atoms with E-state index in [4.69, 9.17) is 4.74 Å². The van der Waals surface area contributed by atoms with E-state index < -0.39 is 0 Å². The number of aromatic nitrogens is 1. The number of rotatable bonds is 4. The lowest BCUT2D eigenvalue weighted by Crippen LogP contribution is -2.61. The van der Waals surface area contributed by atoms with Crippen LogP contribution in [-0.2, 0) is 11.2 Å². The molecule has 1 saturated carbocycles. The molecule has 4 nitrogen and oxygen atoms in total. The molecule has 4 rings (SSSR count). The molecule has 138 valence electrons. The van der Waals surface area contributed by atoms with Gasteiger partial charge in [-0.05, 0) is 51.7 Å². The SMILES string of the molecule is CC(C)N1CC2(CCN(CCc3ncccc3F)CC2)OC2(CC2)C1. The molecule has 1 aromatic rings. The van der Waals surface area contributed by atoms with Gasteiger partial charge in [-0.15, -0.1) is 0 Å². The van der Waals surface area contributed by atoms with Crippen LogP contribution in [0.1, 0.15) is 45.2 Å². The lowest BCUT2D eigenvalue weighted by Gasteiger charge is -2.51. The predicted octanol–water partition coefficient (Wildman–Crippen LogP) is 2.87. The second-order valence-corrected chi connectivity index (χ2v) is 8.49. The maximum absolute atomic E-state index is 13.7. The van der Waals surface area contributed by atoms with Crippen molar-refractivity contribution in [2.24, 2.45) is 0 Å². The zero-order valence-corrected chi connectivity index (χ0v) is 15.5. The van der Waals surface area contributed by atoms with E-state index in [0.29, 0.717) is 18.2 Å². The Morgan fingerprint density at radius 2 is 1.84 bits per heavy atom.